The van der Waals surface area contributed by atoms with Gasteiger partial charge in [0.2, 0.25) is 0 Å². The Morgan fingerprint density at radius 1 is 1.07 bits per heavy atom. The molecule has 4 rings (SSSR count). The number of morpholine rings is 1. The molecule has 2 fully saturated rings. The van der Waals surface area contributed by atoms with Gasteiger partial charge in [0.25, 0.3) is 0 Å². The van der Waals surface area contributed by atoms with Gasteiger partial charge in [-0.1, -0.05) is 30.3 Å². The van der Waals surface area contributed by atoms with E-state index in [4.69, 9.17) is 4.74 Å². The summed E-state index contributed by atoms with van der Waals surface area (Å²) in [6.07, 6.45) is 2.00. The fourth-order valence-corrected chi connectivity index (χ4v) is 3.89. The lowest BCUT2D eigenvalue weighted by Crippen LogP contribution is -2.41. The molecule has 2 aliphatic rings. The molecular formula is C23H29FN4O. The zero-order chi connectivity index (χ0) is 20.1. The maximum atomic E-state index is 14.2. The van der Waals surface area contributed by atoms with Crippen LogP contribution in [0.1, 0.15) is 24.0 Å². The molecule has 5 nitrogen and oxygen atoms in total. The van der Waals surface area contributed by atoms with E-state index in [-0.39, 0.29) is 11.2 Å². The fourth-order valence-electron chi connectivity index (χ4n) is 3.89. The predicted molar refractivity (Wildman–Crippen MR) is 115 cm³/mol. The van der Waals surface area contributed by atoms with Crippen LogP contribution in [0.5, 0.6) is 0 Å². The second-order valence-corrected chi connectivity index (χ2v) is 7.81. The van der Waals surface area contributed by atoms with E-state index < -0.39 is 0 Å². The number of guanidine groups is 1. The maximum absolute atomic E-state index is 14.2. The highest BCUT2D eigenvalue weighted by atomic mass is 19.1. The van der Waals surface area contributed by atoms with Crippen molar-refractivity contribution in [3.63, 3.8) is 0 Å². The predicted octanol–water partition coefficient (Wildman–Crippen LogP) is 3.06. The number of aliphatic imine (C=N–C) groups is 1. The Kier molecular flexibility index (Phi) is 6.00. The molecule has 154 valence electrons. The average molecular weight is 397 g/mol. The van der Waals surface area contributed by atoms with E-state index in [9.17, 15) is 4.39 Å². The van der Waals surface area contributed by atoms with Gasteiger partial charge in [0.1, 0.15) is 5.82 Å². The summed E-state index contributed by atoms with van der Waals surface area (Å²) < 4.78 is 19.6. The zero-order valence-electron chi connectivity index (χ0n) is 17.0. The molecule has 1 aliphatic carbocycles. The van der Waals surface area contributed by atoms with Crippen molar-refractivity contribution < 1.29 is 9.13 Å². The summed E-state index contributed by atoms with van der Waals surface area (Å²) in [5.41, 5.74) is 3.13. The van der Waals surface area contributed by atoms with E-state index in [0.717, 1.165) is 50.7 Å². The normalized spacial score (nSPS) is 18.4. The Bertz CT molecular complexity index is 842. The molecule has 1 saturated heterocycles. The van der Waals surface area contributed by atoms with Crippen LogP contribution in [0.3, 0.4) is 0 Å². The number of rotatable bonds is 6. The monoisotopic (exact) mass is 396 g/mol. The first-order chi connectivity index (χ1) is 14.2. The maximum Gasteiger partial charge on any atom is 0.191 e. The van der Waals surface area contributed by atoms with E-state index in [1.54, 1.807) is 19.2 Å². The number of ether oxygens (including phenoxy) is 1. The standard InChI is InChI=1S/C23H29FN4O/c1-25-22(27-17-23(10-11-23)20-4-2-3-5-21(20)24)26-16-18-6-8-19(9-7-18)28-12-14-29-15-13-28/h2-9H,10-17H2,1H3,(H2,25,26,27). The number of hydrogen-bond acceptors (Lipinski definition) is 3. The van der Waals surface area contributed by atoms with Crippen LogP contribution in [-0.4, -0.2) is 45.9 Å². The first-order valence-electron chi connectivity index (χ1n) is 10.3. The summed E-state index contributed by atoms with van der Waals surface area (Å²) in [6, 6.07) is 15.7. The third kappa shape index (κ3) is 4.70. The third-order valence-corrected chi connectivity index (χ3v) is 5.89. The van der Waals surface area contributed by atoms with Crippen molar-refractivity contribution in [1.29, 1.82) is 0 Å². The highest BCUT2D eigenvalue weighted by Gasteiger charge is 2.45. The molecule has 2 aromatic carbocycles. The Balaban J connectivity index is 1.29. The van der Waals surface area contributed by atoms with Crippen molar-refractivity contribution in [2.45, 2.75) is 24.8 Å². The molecule has 6 heteroatoms. The number of nitrogens with one attached hydrogen (secondary N) is 2. The minimum Gasteiger partial charge on any atom is -0.378 e. The minimum absolute atomic E-state index is 0.108. The van der Waals surface area contributed by atoms with Gasteiger partial charge in [-0.3, -0.25) is 4.99 Å². The summed E-state index contributed by atoms with van der Waals surface area (Å²) in [5, 5.41) is 6.74. The largest absolute Gasteiger partial charge is 0.378 e. The lowest BCUT2D eigenvalue weighted by molar-refractivity contribution is 0.122. The van der Waals surface area contributed by atoms with Crippen molar-refractivity contribution in [2.75, 3.05) is 44.8 Å². The van der Waals surface area contributed by atoms with Gasteiger partial charge in [0.05, 0.1) is 13.2 Å². The van der Waals surface area contributed by atoms with E-state index >= 15 is 0 Å². The van der Waals surface area contributed by atoms with Crippen LogP contribution >= 0.6 is 0 Å². The average Bonchev–Trinajstić information content (AvgIpc) is 3.56. The summed E-state index contributed by atoms with van der Waals surface area (Å²) in [5.74, 6) is 0.625. The smallest absolute Gasteiger partial charge is 0.191 e. The molecule has 1 aliphatic heterocycles. The molecule has 1 saturated carbocycles. The number of halogens is 1. The summed E-state index contributed by atoms with van der Waals surface area (Å²) in [4.78, 5) is 6.67. The second-order valence-electron chi connectivity index (χ2n) is 7.81. The molecule has 1 heterocycles. The van der Waals surface area contributed by atoms with Gasteiger partial charge in [-0.05, 0) is 42.2 Å². The van der Waals surface area contributed by atoms with Crippen LogP contribution in [0.25, 0.3) is 0 Å². The van der Waals surface area contributed by atoms with E-state index in [0.29, 0.717) is 13.1 Å². The first-order valence-corrected chi connectivity index (χ1v) is 10.3. The van der Waals surface area contributed by atoms with Crippen LogP contribution in [0.4, 0.5) is 10.1 Å². The van der Waals surface area contributed by atoms with Crippen molar-refractivity contribution >= 4 is 11.6 Å². The van der Waals surface area contributed by atoms with Crippen molar-refractivity contribution in [1.82, 2.24) is 10.6 Å². The molecule has 0 unspecified atom stereocenters. The Morgan fingerprint density at radius 3 is 2.45 bits per heavy atom. The quantitative estimate of drug-likeness (QED) is 0.582. The molecule has 0 atom stereocenters. The highest BCUT2D eigenvalue weighted by molar-refractivity contribution is 5.79. The summed E-state index contributed by atoms with van der Waals surface area (Å²) in [7, 11) is 1.76. The van der Waals surface area contributed by atoms with Crippen LogP contribution in [0, 0.1) is 5.82 Å². The molecule has 0 aromatic heterocycles. The van der Waals surface area contributed by atoms with Gasteiger partial charge in [0.15, 0.2) is 5.96 Å². The van der Waals surface area contributed by atoms with E-state index in [1.807, 2.05) is 12.1 Å². The van der Waals surface area contributed by atoms with Crippen molar-refractivity contribution in [3.8, 4) is 0 Å². The fraction of sp³-hybridized carbons (Fsp3) is 0.435. The zero-order valence-corrected chi connectivity index (χ0v) is 17.0. The SMILES string of the molecule is CN=C(NCc1ccc(N2CCOCC2)cc1)NCC1(c2ccccc2F)CC1. The number of benzene rings is 2. The van der Waals surface area contributed by atoms with Crippen molar-refractivity contribution in [2.24, 2.45) is 4.99 Å². The minimum atomic E-state index is -0.116. The Hall–Kier alpha value is -2.60. The van der Waals surface area contributed by atoms with Crippen LogP contribution in [0.2, 0.25) is 0 Å². The molecule has 2 N–H and O–H groups in total. The van der Waals surface area contributed by atoms with Crippen LogP contribution in [0.15, 0.2) is 53.5 Å². The van der Waals surface area contributed by atoms with Gasteiger partial charge in [0, 0.05) is 44.3 Å². The molecule has 0 bridgehead atoms. The Labute approximate surface area is 172 Å². The molecular weight excluding hydrogens is 367 g/mol. The lowest BCUT2D eigenvalue weighted by Gasteiger charge is -2.29. The highest BCUT2D eigenvalue weighted by Crippen LogP contribution is 2.48. The molecule has 2 aromatic rings. The molecule has 0 spiro atoms. The van der Waals surface area contributed by atoms with Crippen LogP contribution < -0.4 is 15.5 Å². The van der Waals surface area contributed by atoms with Gasteiger partial charge < -0.3 is 20.3 Å². The number of hydrogen-bond donors (Lipinski definition) is 2. The van der Waals surface area contributed by atoms with E-state index in [2.05, 4.69) is 44.8 Å². The number of nitrogens with zero attached hydrogens (tertiary/aromatic N) is 2. The molecule has 29 heavy (non-hydrogen) atoms. The summed E-state index contributed by atoms with van der Waals surface area (Å²) >= 11 is 0. The molecule has 0 radical (unpaired) electrons. The van der Waals surface area contributed by atoms with Gasteiger partial charge in [-0.25, -0.2) is 4.39 Å². The van der Waals surface area contributed by atoms with Gasteiger partial charge in [-0.2, -0.15) is 0 Å². The number of anilines is 1. The topological polar surface area (TPSA) is 48.9 Å². The van der Waals surface area contributed by atoms with Crippen molar-refractivity contribution in [3.05, 3.63) is 65.5 Å². The van der Waals surface area contributed by atoms with E-state index in [1.165, 1.54) is 11.3 Å². The Morgan fingerprint density at radius 2 is 1.79 bits per heavy atom. The van der Waals surface area contributed by atoms with Gasteiger partial charge in [-0.15, -0.1) is 0 Å². The van der Waals surface area contributed by atoms with Crippen LogP contribution in [-0.2, 0) is 16.7 Å². The lowest BCUT2D eigenvalue weighted by atomic mass is 9.95. The molecule has 0 amide bonds. The van der Waals surface area contributed by atoms with Gasteiger partial charge >= 0.3 is 0 Å². The second kappa shape index (κ2) is 8.82. The first kappa shape index (κ1) is 19.7. The third-order valence-electron chi connectivity index (χ3n) is 5.89. The summed E-state index contributed by atoms with van der Waals surface area (Å²) in [6.45, 7) is 4.84.